The van der Waals surface area contributed by atoms with Crippen LogP contribution in [0.1, 0.15) is 47.2 Å². The van der Waals surface area contributed by atoms with E-state index in [1.807, 2.05) is 6.92 Å². The average Bonchev–Trinajstić information content (AvgIpc) is 2.76. The number of hydrogen-bond donors (Lipinski definition) is 1. The Morgan fingerprint density at radius 2 is 1.59 bits per heavy atom. The van der Waals surface area contributed by atoms with Crippen LogP contribution in [0.3, 0.4) is 0 Å². The van der Waals surface area contributed by atoms with Gasteiger partial charge in [0.05, 0.1) is 14.2 Å². The number of hydrogen-bond acceptors (Lipinski definition) is 4. The van der Waals surface area contributed by atoms with Crippen molar-refractivity contribution in [2.24, 2.45) is 0 Å². The Labute approximate surface area is 186 Å². The summed E-state index contributed by atoms with van der Waals surface area (Å²) in [6.07, 6.45) is 1.78. The van der Waals surface area contributed by atoms with Crippen LogP contribution >= 0.6 is 0 Å². The molecule has 0 aliphatic carbocycles. The van der Waals surface area contributed by atoms with Crippen LogP contribution in [0.2, 0.25) is 0 Å². The lowest BCUT2D eigenvalue weighted by Gasteiger charge is -2.24. The minimum absolute atomic E-state index is 0.0228. The molecule has 32 heavy (non-hydrogen) atoms. The van der Waals surface area contributed by atoms with E-state index in [0.29, 0.717) is 61.4 Å². The lowest BCUT2D eigenvalue weighted by molar-refractivity contribution is -0.137. The van der Waals surface area contributed by atoms with E-state index in [0.717, 1.165) is 11.6 Å². The summed E-state index contributed by atoms with van der Waals surface area (Å²) >= 11 is 0. The van der Waals surface area contributed by atoms with E-state index in [2.05, 4.69) is 0 Å². The number of carbonyl (C=O) groups excluding carboxylic acids is 1. The molecule has 174 valence electrons. The van der Waals surface area contributed by atoms with Crippen LogP contribution in [0.25, 0.3) is 0 Å². The van der Waals surface area contributed by atoms with Gasteiger partial charge in [-0.3, -0.25) is 9.59 Å². The molecule has 1 amide bonds. The number of unbranched alkanes of at least 4 members (excludes halogenated alkanes) is 1. The molecule has 0 aliphatic heterocycles. The molecule has 0 atom stereocenters. The number of aryl methyl sites for hydroxylation is 1. The van der Waals surface area contributed by atoms with Crippen molar-refractivity contribution < 1.29 is 33.0 Å². The van der Waals surface area contributed by atoms with Gasteiger partial charge in [0.1, 0.15) is 23.1 Å². The zero-order valence-corrected chi connectivity index (χ0v) is 18.6. The molecule has 2 aromatic rings. The molecular weight excluding hydrogens is 420 g/mol. The van der Waals surface area contributed by atoms with Crippen LogP contribution in [0.4, 0.5) is 8.78 Å². The number of amides is 1. The van der Waals surface area contributed by atoms with Crippen molar-refractivity contribution in [3.05, 3.63) is 58.7 Å². The number of nitrogens with zero attached hydrogens (tertiary/aromatic N) is 1. The molecule has 0 saturated heterocycles. The molecule has 2 rings (SSSR count). The number of aliphatic carboxylic acids is 1. The van der Waals surface area contributed by atoms with Crippen LogP contribution in [0, 0.1) is 18.6 Å². The summed E-state index contributed by atoms with van der Waals surface area (Å²) < 4.78 is 37.8. The molecule has 0 heterocycles. The first-order chi connectivity index (χ1) is 15.3. The van der Waals surface area contributed by atoms with Gasteiger partial charge in [0.15, 0.2) is 0 Å². The second-order valence-corrected chi connectivity index (χ2v) is 7.49. The van der Waals surface area contributed by atoms with Gasteiger partial charge in [0, 0.05) is 36.7 Å². The summed E-state index contributed by atoms with van der Waals surface area (Å²) in [6, 6.07) is 6.74. The lowest BCUT2D eigenvalue weighted by atomic mass is 10.1. The zero-order valence-electron chi connectivity index (χ0n) is 18.6. The third kappa shape index (κ3) is 6.93. The van der Waals surface area contributed by atoms with Crippen molar-refractivity contribution >= 4 is 11.9 Å². The van der Waals surface area contributed by atoms with Crippen molar-refractivity contribution in [1.29, 1.82) is 0 Å². The molecular formula is C24H29F2NO5. The highest BCUT2D eigenvalue weighted by Gasteiger charge is 2.19. The number of carboxylic acids is 1. The number of benzene rings is 2. The van der Waals surface area contributed by atoms with Crippen LogP contribution in [-0.2, 0) is 11.2 Å². The Morgan fingerprint density at radius 1 is 0.969 bits per heavy atom. The second-order valence-electron chi connectivity index (χ2n) is 7.49. The van der Waals surface area contributed by atoms with Gasteiger partial charge in [-0.25, -0.2) is 8.78 Å². The molecule has 1 N–H and O–H groups in total. The first kappa shape index (κ1) is 25.1. The predicted molar refractivity (Wildman–Crippen MR) is 116 cm³/mol. The smallest absolute Gasteiger partial charge is 0.303 e. The van der Waals surface area contributed by atoms with Gasteiger partial charge in [0.25, 0.3) is 5.91 Å². The molecule has 6 nitrogen and oxygen atoms in total. The molecule has 0 radical (unpaired) electrons. The maximum Gasteiger partial charge on any atom is 0.303 e. The number of halogens is 2. The molecule has 8 heteroatoms. The normalized spacial score (nSPS) is 10.7. The zero-order chi connectivity index (χ0) is 23.7. The topological polar surface area (TPSA) is 76.1 Å². The third-order valence-corrected chi connectivity index (χ3v) is 5.24. The highest BCUT2D eigenvalue weighted by atomic mass is 19.1. The van der Waals surface area contributed by atoms with E-state index >= 15 is 0 Å². The Kier molecular flexibility index (Phi) is 9.43. The number of methoxy groups -OCH3 is 2. The minimum atomic E-state index is -0.886. The van der Waals surface area contributed by atoms with E-state index in [1.165, 1.54) is 26.4 Å². The molecule has 0 fully saturated rings. The van der Waals surface area contributed by atoms with E-state index in [9.17, 15) is 18.4 Å². The van der Waals surface area contributed by atoms with E-state index in [1.54, 1.807) is 17.0 Å². The van der Waals surface area contributed by atoms with Gasteiger partial charge in [-0.15, -0.1) is 0 Å². The summed E-state index contributed by atoms with van der Waals surface area (Å²) in [6.45, 7) is 2.52. The molecule has 0 bridgehead atoms. The monoisotopic (exact) mass is 449 g/mol. The van der Waals surface area contributed by atoms with E-state index < -0.39 is 17.6 Å². The van der Waals surface area contributed by atoms with Crippen LogP contribution in [-0.4, -0.2) is 49.2 Å². The average molecular weight is 449 g/mol. The molecule has 0 spiro atoms. The lowest BCUT2D eigenvalue weighted by Crippen LogP contribution is -2.33. The van der Waals surface area contributed by atoms with Crippen molar-refractivity contribution in [2.75, 3.05) is 27.3 Å². The summed E-state index contributed by atoms with van der Waals surface area (Å²) in [5.74, 6) is -1.35. The molecule has 0 aromatic heterocycles. The fourth-order valence-electron chi connectivity index (χ4n) is 3.47. The highest BCUT2D eigenvalue weighted by Crippen LogP contribution is 2.30. The quantitative estimate of drug-likeness (QED) is 0.479. The van der Waals surface area contributed by atoms with Gasteiger partial charge < -0.3 is 19.5 Å². The van der Waals surface area contributed by atoms with Gasteiger partial charge in [0.2, 0.25) is 0 Å². The fourth-order valence-corrected chi connectivity index (χ4v) is 3.47. The minimum Gasteiger partial charge on any atom is -0.496 e. The first-order valence-electron chi connectivity index (χ1n) is 10.4. The van der Waals surface area contributed by atoms with E-state index in [-0.39, 0.29) is 12.3 Å². The molecule has 2 aromatic carbocycles. The number of ether oxygens (including phenoxy) is 2. The van der Waals surface area contributed by atoms with Gasteiger partial charge in [-0.05, 0) is 56.4 Å². The van der Waals surface area contributed by atoms with Crippen LogP contribution < -0.4 is 9.47 Å². The predicted octanol–water partition coefficient (Wildman–Crippen LogP) is 4.62. The van der Waals surface area contributed by atoms with Crippen molar-refractivity contribution in [2.45, 2.75) is 39.0 Å². The first-order valence-corrected chi connectivity index (χ1v) is 10.4. The molecule has 0 saturated carbocycles. The van der Waals surface area contributed by atoms with Gasteiger partial charge in [-0.1, -0.05) is 6.07 Å². The molecule has 0 aliphatic rings. The standard InChI is InChI=1S/C24H29F2NO5/c1-16-21(31-2)13-18(14-22(16)32-3)24(30)27(11-5-4-8-23(28)29)12-6-7-17-9-10-19(25)15-20(17)26/h9-10,13-15H,4-8,11-12H2,1-3H3,(H,28,29). The van der Waals surface area contributed by atoms with Crippen LogP contribution in [0.15, 0.2) is 30.3 Å². The number of carboxylic acid groups (broad SMARTS) is 1. The van der Waals surface area contributed by atoms with Gasteiger partial charge >= 0.3 is 5.97 Å². The summed E-state index contributed by atoms with van der Waals surface area (Å²) in [4.78, 5) is 25.7. The fraction of sp³-hybridized carbons (Fsp3) is 0.417. The Balaban J connectivity index is 2.16. The molecule has 0 unspecified atom stereocenters. The Hall–Kier alpha value is -3.16. The number of rotatable bonds is 12. The van der Waals surface area contributed by atoms with Crippen molar-refractivity contribution in [3.63, 3.8) is 0 Å². The van der Waals surface area contributed by atoms with Crippen molar-refractivity contribution in [1.82, 2.24) is 4.90 Å². The van der Waals surface area contributed by atoms with Gasteiger partial charge in [-0.2, -0.15) is 0 Å². The second kappa shape index (κ2) is 12.0. The number of carbonyl (C=O) groups is 2. The Bertz CT molecular complexity index is 923. The maximum absolute atomic E-state index is 13.9. The summed E-state index contributed by atoms with van der Waals surface area (Å²) in [5.41, 5.74) is 1.53. The van der Waals surface area contributed by atoms with E-state index in [4.69, 9.17) is 14.6 Å². The SMILES string of the molecule is COc1cc(C(=O)N(CCCCC(=O)O)CCCc2ccc(F)cc2F)cc(OC)c1C. The summed E-state index contributed by atoms with van der Waals surface area (Å²) in [5, 5.41) is 8.85. The highest BCUT2D eigenvalue weighted by molar-refractivity contribution is 5.95. The van der Waals surface area contributed by atoms with Crippen LogP contribution in [0.5, 0.6) is 11.5 Å². The third-order valence-electron chi connectivity index (χ3n) is 5.24. The van der Waals surface area contributed by atoms with Crippen molar-refractivity contribution in [3.8, 4) is 11.5 Å². The Morgan fingerprint density at radius 3 is 2.16 bits per heavy atom. The summed E-state index contributed by atoms with van der Waals surface area (Å²) in [7, 11) is 3.02. The largest absolute Gasteiger partial charge is 0.496 e. The maximum atomic E-state index is 13.9.